The van der Waals surface area contributed by atoms with Crippen molar-refractivity contribution in [3.8, 4) is 0 Å². The molecule has 0 saturated heterocycles. The SMILES string of the molecule is CC(Br)CC(C)NS(=O)(=O)c1cccs1. The summed E-state index contributed by atoms with van der Waals surface area (Å²) in [6, 6.07) is 3.28. The third-order valence-corrected chi connectivity index (χ3v) is 5.16. The van der Waals surface area contributed by atoms with Crippen molar-refractivity contribution in [3.63, 3.8) is 0 Å². The van der Waals surface area contributed by atoms with Gasteiger partial charge < -0.3 is 0 Å². The van der Waals surface area contributed by atoms with Crippen LogP contribution in [0.1, 0.15) is 20.3 Å². The minimum absolute atomic E-state index is 0.0634. The summed E-state index contributed by atoms with van der Waals surface area (Å²) in [5, 5.41) is 1.76. The zero-order chi connectivity index (χ0) is 11.5. The molecule has 0 saturated carbocycles. The number of thiophene rings is 1. The molecule has 0 aliphatic heterocycles. The predicted octanol–water partition coefficient (Wildman–Crippen LogP) is 2.59. The lowest BCUT2D eigenvalue weighted by Crippen LogP contribution is -2.33. The molecule has 1 rings (SSSR count). The van der Waals surface area contributed by atoms with Crippen LogP contribution < -0.4 is 4.72 Å². The van der Waals surface area contributed by atoms with Crippen molar-refractivity contribution in [1.82, 2.24) is 4.72 Å². The second-order valence-electron chi connectivity index (χ2n) is 3.47. The first kappa shape index (κ1) is 13.2. The fourth-order valence-corrected chi connectivity index (χ4v) is 4.10. The maximum atomic E-state index is 11.8. The van der Waals surface area contributed by atoms with Crippen molar-refractivity contribution in [1.29, 1.82) is 0 Å². The van der Waals surface area contributed by atoms with Crippen molar-refractivity contribution >= 4 is 37.3 Å². The van der Waals surface area contributed by atoms with Crippen LogP contribution >= 0.6 is 27.3 Å². The molecule has 0 aliphatic rings. The normalized spacial score (nSPS) is 16.2. The molecule has 1 aromatic heterocycles. The number of rotatable bonds is 5. The van der Waals surface area contributed by atoms with Gasteiger partial charge in [0, 0.05) is 10.9 Å². The van der Waals surface area contributed by atoms with Crippen LogP contribution in [0, 0.1) is 0 Å². The van der Waals surface area contributed by atoms with Crippen molar-refractivity contribution in [2.45, 2.75) is 35.3 Å². The summed E-state index contributed by atoms with van der Waals surface area (Å²) in [6.45, 7) is 3.86. The summed E-state index contributed by atoms with van der Waals surface area (Å²) in [4.78, 5) is 0.304. The molecule has 86 valence electrons. The van der Waals surface area contributed by atoms with Gasteiger partial charge in [0.1, 0.15) is 4.21 Å². The molecule has 0 bridgehead atoms. The van der Waals surface area contributed by atoms with Gasteiger partial charge in [0.15, 0.2) is 0 Å². The molecule has 0 amide bonds. The van der Waals surface area contributed by atoms with E-state index in [1.807, 2.05) is 13.8 Å². The van der Waals surface area contributed by atoms with Crippen molar-refractivity contribution in [3.05, 3.63) is 17.5 Å². The maximum absolute atomic E-state index is 11.8. The summed E-state index contributed by atoms with van der Waals surface area (Å²) in [5.74, 6) is 0. The van der Waals surface area contributed by atoms with Crippen LogP contribution in [0.5, 0.6) is 0 Å². The fraction of sp³-hybridized carbons (Fsp3) is 0.556. The molecule has 0 aromatic carbocycles. The molecular weight excluding hydrogens is 298 g/mol. The van der Waals surface area contributed by atoms with Gasteiger partial charge in [-0.1, -0.05) is 28.9 Å². The Labute approximate surface area is 103 Å². The average molecular weight is 312 g/mol. The van der Waals surface area contributed by atoms with Crippen LogP contribution in [0.4, 0.5) is 0 Å². The highest BCUT2D eigenvalue weighted by molar-refractivity contribution is 9.09. The van der Waals surface area contributed by atoms with E-state index in [9.17, 15) is 8.42 Å². The van der Waals surface area contributed by atoms with Crippen LogP contribution in [0.25, 0.3) is 0 Å². The van der Waals surface area contributed by atoms with Gasteiger partial charge in [-0.25, -0.2) is 13.1 Å². The zero-order valence-electron chi connectivity index (χ0n) is 8.60. The second-order valence-corrected chi connectivity index (χ2v) is 7.92. The molecule has 2 unspecified atom stereocenters. The van der Waals surface area contributed by atoms with Crippen molar-refractivity contribution < 1.29 is 8.42 Å². The Hall–Kier alpha value is 0.0900. The van der Waals surface area contributed by atoms with Gasteiger partial charge in [-0.3, -0.25) is 0 Å². The van der Waals surface area contributed by atoms with Crippen LogP contribution in [0.15, 0.2) is 21.7 Å². The van der Waals surface area contributed by atoms with E-state index in [1.165, 1.54) is 11.3 Å². The summed E-state index contributed by atoms with van der Waals surface area (Å²) in [7, 11) is -3.31. The van der Waals surface area contributed by atoms with E-state index in [-0.39, 0.29) is 6.04 Å². The van der Waals surface area contributed by atoms with E-state index in [1.54, 1.807) is 17.5 Å². The number of hydrogen-bond acceptors (Lipinski definition) is 3. The molecule has 3 nitrogen and oxygen atoms in total. The van der Waals surface area contributed by atoms with Gasteiger partial charge in [0.05, 0.1) is 0 Å². The van der Waals surface area contributed by atoms with E-state index in [0.717, 1.165) is 6.42 Å². The van der Waals surface area contributed by atoms with E-state index in [0.29, 0.717) is 9.04 Å². The molecule has 6 heteroatoms. The molecule has 0 radical (unpaired) electrons. The molecular formula is C9H14BrNO2S2. The molecule has 1 heterocycles. The number of hydrogen-bond donors (Lipinski definition) is 1. The van der Waals surface area contributed by atoms with Crippen LogP contribution in [-0.4, -0.2) is 19.3 Å². The van der Waals surface area contributed by atoms with Gasteiger partial charge in [-0.2, -0.15) is 0 Å². The van der Waals surface area contributed by atoms with Crippen LogP contribution in [0.2, 0.25) is 0 Å². The molecule has 0 fully saturated rings. The first-order valence-corrected chi connectivity index (χ1v) is 7.89. The highest BCUT2D eigenvalue weighted by atomic mass is 79.9. The first-order valence-electron chi connectivity index (χ1n) is 4.61. The molecule has 0 spiro atoms. The lowest BCUT2D eigenvalue weighted by atomic mass is 10.2. The highest BCUT2D eigenvalue weighted by Crippen LogP contribution is 2.17. The number of nitrogens with one attached hydrogen (secondary N) is 1. The summed E-state index contributed by atoms with van der Waals surface area (Å²) >= 11 is 4.63. The summed E-state index contributed by atoms with van der Waals surface area (Å²) in [5.41, 5.74) is 0. The van der Waals surface area contributed by atoms with Crippen LogP contribution in [0.3, 0.4) is 0 Å². The second kappa shape index (κ2) is 5.43. The molecule has 1 N–H and O–H groups in total. The summed E-state index contributed by atoms with van der Waals surface area (Å²) in [6.07, 6.45) is 0.768. The lowest BCUT2D eigenvalue weighted by molar-refractivity contribution is 0.549. The van der Waals surface area contributed by atoms with Crippen molar-refractivity contribution in [2.24, 2.45) is 0 Å². The summed E-state index contributed by atoms with van der Waals surface area (Å²) < 4.78 is 26.6. The topological polar surface area (TPSA) is 46.2 Å². The van der Waals surface area contributed by atoms with Crippen molar-refractivity contribution in [2.75, 3.05) is 0 Å². The lowest BCUT2D eigenvalue weighted by Gasteiger charge is -2.14. The monoisotopic (exact) mass is 311 g/mol. The first-order chi connectivity index (χ1) is 6.92. The third kappa shape index (κ3) is 4.22. The molecule has 15 heavy (non-hydrogen) atoms. The van der Waals surface area contributed by atoms with Gasteiger partial charge in [-0.05, 0) is 24.8 Å². The smallest absolute Gasteiger partial charge is 0.208 e. The fourth-order valence-electron chi connectivity index (χ4n) is 1.27. The Morgan fingerprint density at radius 1 is 1.53 bits per heavy atom. The minimum Gasteiger partial charge on any atom is -0.208 e. The zero-order valence-corrected chi connectivity index (χ0v) is 11.8. The van der Waals surface area contributed by atoms with E-state index < -0.39 is 10.0 Å². The number of alkyl halides is 1. The van der Waals surface area contributed by atoms with E-state index >= 15 is 0 Å². The third-order valence-electron chi connectivity index (χ3n) is 1.79. The van der Waals surface area contributed by atoms with E-state index in [4.69, 9.17) is 0 Å². The van der Waals surface area contributed by atoms with Crippen LogP contribution in [-0.2, 0) is 10.0 Å². The Morgan fingerprint density at radius 2 is 2.20 bits per heavy atom. The van der Waals surface area contributed by atoms with Gasteiger partial charge in [0.25, 0.3) is 0 Å². The van der Waals surface area contributed by atoms with Gasteiger partial charge in [0.2, 0.25) is 10.0 Å². The minimum atomic E-state index is -3.31. The Balaban J connectivity index is 2.66. The number of sulfonamides is 1. The number of halogens is 1. The Bertz CT molecular complexity index is 386. The molecule has 2 atom stereocenters. The molecule has 1 aromatic rings. The standard InChI is InChI=1S/C9H14BrNO2S2/c1-7(10)6-8(2)11-15(12,13)9-4-3-5-14-9/h3-5,7-8,11H,6H2,1-2H3. The van der Waals surface area contributed by atoms with E-state index in [2.05, 4.69) is 20.7 Å². The average Bonchev–Trinajstić information content (AvgIpc) is 2.51. The maximum Gasteiger partial charge on any atom is 0.250 e. The quantitative estimate of drug-likeness (QED) is 0.850. The highest BCUT2D eigenvalue weighted by Gasteiger charge is 2.18. The largest absolute Gasteiger partial charge is 0.250 e. The Morgan fingerprint density at radius 3 is 2.67 bits per heavy atom. The van der Waals surface area contributed by atoms with Gasteiger partial charge in [-0.15, -0.1) is 11.3 Å². The predicted molar refractivity (Wildman–Crippen MR) is 67.1 cm³/mol. The van der Waals surface area contributed by atoms with Gasteiger partial charge >= 0.3 is 0 Å². The molecule has 0 aliphatic carbocycles. The Kier molecular flexibility index (Phi) is 4.76.